The van der Waals surface area contributed by atoms with E-state index in [9.17, 15) is 20.1 Å². The fraction of sp³-hybridized carbons (Fsp3) is 0.818. The Morgan fingerprint density at radius 3 is 2.66 bits per heavy atom. The van der Waals surface area contributed by atoms with Crippen LogP contribution in [0.1, 0.15) is 47.0 Å². The highest BCUT2D eigenvalue weighted by molar-refractivity contribution is 8.13. The van der Waals surface area contributed by atoms with Crippen molar-refractivity contribution >= 4 is 22.6 Å². The number of aliphatic hydroxyl groups excluding tert-OH is 3. The zero-order chi connectivity index (χ0) is 24.4. The largest absolute Gasteiger partial charge is 0.389 e. The number of aliphatic hydroxyl groups is 3. The maximum Gasteiger partial charge on any atom is 0.191 e. The summed E-state index contributed by atoms with van der Waals surface area (Å²) in [4.78, 5) is 11.9. The quantitative estimate of drug-likeness (QED) is 0.143. The summed E-state index contributed by atoms with van der Waals surface area (Å²) in [5.74, 6) is -0.422. The van der Waals surface area contributed by atoms with E-state index in [2.05, 4.69) is 5.32 Å². The maximum atomic E-state index is 11.9. The first-order valence-corrected chi connectivity index (χ1v) is 11.8. The van der Waals surface area contributed by atoms with Crippen molar-refractivity contribution in [2.24, 2.45) is 5.41 Å². The second kappa shape index (κ2) is 13.8. The van der Waals surface area contributed by atoms with Crippen molar-refractivity contribution in [3.8, 4) is 0 Å². The van der Waals surface area contributed by atoms with Crippen molar-refractivity contribution in [2.75, 3.05) is 32.6 Å². The number of hydrogen-bond acceptors (Lipinski definition) is 10. The minimum Gasteiger partial charge on any atom is -0.389 e. The van der Waals surface area contributed by atoms with Gasteiger partial charge < -0.3 is 34.9 Å². The third kappa shape index (κ3) is 10.8. The Labute approximate surface area is 195 Å². The normalized spacial score (nSPS) is 23.1. The molecule has 32 heavy (non-hydrogen) atoms. The van der Waals surface area contributed by atoms with E-state index < -0.39 is 30.3 Å². The molecule has 1 saturated heterocycles. The molecule has 0 aromatic rings. The van der Waals surface area contributed by atoms with E-state index in [0.29, 0.717) is 25.5 Å². The van der Waals surface area contributed by atoms with Gasteiger partial charge >= 0.3 is 0 Å². The summed E-state index contributed by atoms with van der Waals surface area (Å²) in [5.41, 5.74) is -0.254. The molecule has 0 saturated carbocycles. The average molecular weight is 477 g/mol. The molecule has 4 atom stereocenters. The van der Waals surface area contributed by atoms with E-state index >= 15 is 0 Å². The van der Waals surface area contributed by atoms with Crippen LogP contribution in [-0.2, 0) is 19.0 Å². The Balaban J connectivity index is 2.29. The van der Waals surface area contributed by atoms with Gasteiger partial charge in [0, 0.05) is 37.0 Å². The lowest BCUT2D eigenvalue weighted by atomic mass is 9.85. The van der Waals surface area contributed by atoms with Crippen molar-refractivity contribution in [1.82, 2.24) is 5.32 Å². The van der Waals surface area contributed by atoms with Gasteiger partial charge in [0.1, 0.15) is 12.3 Å². The van der Waals surface area contributed by atoms with Crippen LogP contribution < -0.4 is 5.32 Å². The minimum atomic E-state index is -0.965. The van der Waals surface area contributed by atoms with Crippen LogP contribution in [0, 0.1) is 10.8 Å². The van der Waals surface area contributed by atoms with Crippen LogP contribution >= 0.6 is 11.8 Å². The number of ether oxygens (including phenoxy) is 3. The number of rotatable bonds is 14. The van der Waals surface area contributed by atoms with Crippen molar-refractivity contribution in [3.63, 3.8) is 0 Å². The number of nitrogens with one attached hydrogen (secondary N) is 2. The highest BCUT2D eigenvalue weighted by atomic mass is 32.2. The van der Waals surface area contributed by atoms with Gasteiger partial charge in [-0.15, -0.1) is 0 Å². The fourth-order valence-corrected chi connectivity index (χ4v) is 3.97. The number of hydrogen-bond donors (Lipinski definition) is 5. The molecule has 10 heteroatoms. The topological polar surface area (TPSA) is 141 Å². The van der Waals surface area contributed by atoms with Crippen LogP contribution in [0.5, 0.6) is 0 Å². The minimum absolute atomic E-state index is 0.00991. The molecule has 5 N–H and O–H groups in total. The first kappa shape index (κ1) is 29.2. The van der Waals surface area contributed by atoms with Crippen molar-refractivity contribution in [3.05, 3.63) is 12.2 Å². The molecular formula is C22H40N2O7S. The fourth-order valence-electron chi connectivity index (χ4n) is 3.13. The summed E-state index contributed by atoms with van der Waals surface area (Å²) < 4.78 is 16.4. The molecule has 1 aliphatic rings. The van der Waals surface area contributed by atoms with E-state index in [-0.39, 0.29) is 35.5 Å². The molecule has 0 aromatic carbocycles. The van der Waals surface area contributed by atoms with Gasteiger partial charge in [-0.3, -0.25) is 10.1 Å². The van der Waals surface area contributed by atoms with Crippen LogP contribution in [0.4, 0.5) is 0 Å². The number of carbonyl (C=O) groups is 1. The Morgan fingerprint density at radius 1 is 1.31 bits per heavy atom. The van der Waals surface area contributed by atoms with Crippen molar-refractivity contribution in [1.29, 1.82) is 5.41 Å². The molecule has 1 fully saturated rings. The first-order chi connectivity index (χ1) is 14.9. The van der Waals surface area contributed by atoms with E-state index in [4.69, 9.17) is 19.6 Å². The predicted molar refractivity (Wildman–Crippen MR) is 125 cm³/mol. The van der Waals surface area contributed by atoms with E-state index in [1.165, 1.54) is 6.08 Å². The highest BCUT2D eigenvalue weighted by Crippen LogP contribution is 2.35. The van der Waals surface area contributed by atoms with Gasteiger partial charge in [0.2, 0.25) is 0 Å². The standard InChI is InChI=1S/C22H40N2O7S/c1-21(2)14-30-22(3,4)31-19(21)20(28)24-10-8-17(26)16(23)9-12-32-18(27)13-15(25)7-6-11-29-5/h6-7,15,17,19-20,23-26,28H,8-14H2,1-5H3/b7-6+,23-16?. The lowest BCUT2D eigenvalue weighted by Gasteiger charge is -2.47. The molecule has 0 spiro atoms. The van der Waals surface area contributed by atoms with Crippen molar-refractivity contribution in [2.45, 2.75) is 77.3 Å². The number of thioether (sulfide) groups is 1. The summed E-state index contributed by atoms with van der Waals surface area (Å²) in [6.07, 6.45) is 0.431. The predicted octanol–water partition coefficient (Wildman–Crippen LogP) is 1.45. The Hall–Kier alpha value is -0.850. The smallest absolute Gasteiger partial charge is 0.191 e. The van der Waals surface area contributed by atoms with E-state index in [1.807, 2.05) is 13.8 Å². The molecule has 0 aromatic heterocycles. The Bertz CT molecular complexity index is 627. The molecule has 1 rings (SSSR count). The van der Waals surface area contributed by atoms with Crippen LogP contribution in [0.3, 0.4) is 0 Å². The third-order valence-electron chi connectivity index (χ3n) is 5.06. The van der Waals surface area contributed by atoms with Crippen LogP contribution in [0.25, 0.3) is 0 Å². The lowest BCUT2D eigenvalue weighted by molar-refractivity contribution is -0.329. The lowest BCUT2D eigenvalue weighted by Crippen LogP contribution is -2.58. The van der Waals surface area contributed by atoms with Crippen molar-refractivity contribution < 1.29 is 34.3 Å². The zero-order valence-electron chi connectivity index (χ0n) is 19.8. The summed E-state index contributed by atoms with van der Waals surface area (Å²) >= 11 is 1.04. The van der Waals surface area contributed by atoms with Crippen LogP contribution in [0.2, 0.25) is 0 Å². The van der Waals surface area contributed by atoms with Gasteiger partial charge in [0.15, 0.2) is 10.9 Å². The molecule has 0 aliphatic carbocycles. The Morgan fingerprint density at radius 2 is 2.00 bits per heavy atom. The third-order valence-corrected chi connectivity index (χ3v) is 5.96. The van der Waals surface area contributed by atoms with Crippen LogP contribution in [-0.4, -0.2) is 89.1 Å². The highest BCUT2D eigenvalue weighted by Gasteiger charge is 2.45. The summed E-state index contributed by atoms with van der Waals surface area (Å²) in [7, 11) is 1.54. The molecule has 0 bridgehead atoms. The van der Waals surface area contributed by atoms with Gasteiger partial charge in [-0.25, -0.2) is 0 Å². The molecule has 186 valence electrons. The molecule has 1 aliphatic heterocycles. The maximum absolute atomic E-state index is 11.9. The summed E-state index contributed by atoms with van der Waals surface area (Å²) in [5, 5.41) is 41.3. The van der Waals surface area contributed by atoms with Gasteiger partial charge in [-0.05, 0) is 26.7 Å². The molecule has 1 heterocycles. The van der Waals surface area contributed by atoms with Gasteiger partial charge in [0.05, 0.1) is 25.4 Å². The molecule has 0 amide bonds. The molecule has 4 unspecified atom stereocenters. The molecular weight excluding hydrogens is 436 g/mol. The van der Waals surface area contributed by atoms with Gasteiger partial charge in [-0.2, -0.15) is 0 Å². The first-order valence-electron chi connectivity index (χ1n) is 10.9. The SMILES string of the molecule is COC/C=C/C(O)CC(=O)SCCC(=N)C(O)CCNC(O)C1OC(C)(C)OCC1(C)C. The number of carbonyl (C=O) groups excluding carboxylic acids is 1. The number of methoxy groups -OCH3 is 1. The average Bonchev–Trinajstić information content (AvgIpc) is 2.69. The van der Waals surface area contributed by atoms with Gasteiger partial charge in [-0.1, -0.05) is 37.8 Å². The molecule has 9 nitrogen and oxygen atoms in total. The van der Waals surface area contributed by atoms with E-state index in [0.717, 1.165) is 11.8 Å². The zero-order valence-corrected chi connectivity index (χ0v) is 20.6. The molecule has 0 radical (unpaired) electrons. The van der Waals surface area contributed by atoms with Crippen LogP contribution in [0.15, 0.2) is 12.2 Å². The van der Waals surface area contributed by atoms with Gasteiger partial charge in [0.25, 0.3) is 0 Å². The second-order valence-electron chi connectivity index (χ2n) is 9.07. The second-order valence-corrected chi connectivity index (χ2v) is 10.2. The van der Waals surface area contributed by atoms with E-state index in [1.54, 1.807) is 27.0 Å². The monoisotopic (exact) mass is 476 g/mol. The summed E-state index contributed by atoms with van der Waals surface area (Å²) in [6, 6.07) is 0. The summed E-state index contributed by atoms with van der Waals surface area (Å²) in [6.45, 7) is 8.63. The Kier molecular flexibility index (Phi) is 12.5.